The van der Waals surface area contributed by atoms with Crippen molar-refractivity contribution in [3.63, 3.8) is 0 Å². The van der Waals surface area contributed by atoms with Crippen molar-refractivity contribution in [2.75, 3.05) is 7.11 Å². The lowest BCUT2D eigenvalue weighted by molar-refractivity contribution is 0.396. The maximum absolute atomic E-state index is 6.03. The van der Waals surface area contributed by atoms with Crippen molar-refractivity contribution in [2.24, 2.45) is 11.7 Å². The quantitative estimate of drug-likeness (QED) is 0.773. The SMILES string of the molecule is COc1ccccc1[C@@H](N)C(C)C. The Morgan fingerprint density at radius 3 is 2.38 bits per heavy atom. The van der Waals surface area contributed by atoms with Gasteiger partial charge in [0.05, 0.1) is 7.11 Å². The summed E-state index contributed by atoms with van der Waals surface area (Å²) in [7, 11) is 1.67. The van der Waals surface area contributed by atoms with Crippen LogP contribution in [0.5, 0.6) is 5.75 Å². The number of ether oxygens (including phenoxy) is 1. The van der Waals surface area contributed by atoms with Gasteiger partial charge in [-0.05, 0) is 12.0 Å². The molecule has 0 aliphatic heterocycles. The van der Waals surface area contributed by atoms with E-state index >= 15 is 0 Å². The Bertz CT molecular complexity index is 271. The number of hydrogen-bond acceptors (Lipinski definition) is 2. The highest BCUT2D eigenvalue weighted by Gasteiger charge is 2.13. The van der Waals surface area contributed by atoms with E-state index < -0.39 is 0 Å². The molecular formula is C11H17NO. The van der Waals surface area contributed by atoms with E-state index in [9.17, 15) is 0 Å². The fourth-order valence-electron chi connectivity index (χ4n) is 1.30. The summed E-state index contributed by atoms with van der Waals surface area (Å²) < 4.78 is 5.24. The first-order valence-electron chi connectivity index (χ1n) is 4.55. The molecule has 0 bridgehead atoms. The number of para-hydroxylation sites is 1. The van der Waals surface area contributed by atoms with Crippen LogP contribution in [0.3, 0.4) is 0 Å². The summed E-state index contributed by atoms with van der Waals surface area (Å²) in [4.78, 5) is 0. The van der Waals surface area contributed by atoms with Gasteiger partial charge in [-0.1, -0.05) is 32.0 Å². The van der Waals surface area contributed by atoms with Crippen molar-refractivity contribution in [2.45, 2.75) is 19.9 Å². The zero-order valence-corrected chi connectivity index (χ0v) is 8.45. The van der Waals surface area contributed by atoms with Crippen LogP contribution in [0.25, 0.3) is 0 Å². The molecule has 72 valence electrons. The highest BCUT2D eigenvalue weighted by atomic mass is 16.5. The second-order valence-corrected chi connectivity index (χ2v) is 3.51. The molecule has 0 heterocycles. The molecule has 2 nitrogen and oxygen atoms in total. The summed E-state index contributed by atoms with van der Waals surface area (Å²) >= 11 is 0. The Hall–Kier alpha value is -1.02. The van der Waals surface area contributed by atoms with Crippen molar-refractivity contribution < 1.29 is 4.74 Å². The number of rotatable bonds is 3. The van der Waals surface area contributed by atoms with Crippen LogP contribution in [0, 0.1) is 5.92 Å². The van der Waals surface area contributed by atoms with Crippen LogP contribution in [0.2, 0.25) is 0 Å². The largest absolute Gasteiger partial charge is 0.496 e. The third-order valence-corrected chi connectivity index (χ3v) is 2.22. The van der Waals surface area contributed by atoms with Crippen molar-refractivity contribution in [3.8, 4) is 5.75 Å². The van der Waals surface area contributed by atoms with E-state index in [4.69, 9.17) is 10.5 Å². The zero-order valence-electron chi connectivity index (χ0n) is 8.45. The molecule has 0 aromatic heterocycles. The fourth-order valence-corrected chi connectivity index (χ4v) is 1.30. The molecule has 2 N–H and O–H groups in total. The predicted molar refractivity (Wildman–Crippen MR) is 54.8 cm³/mol. The normalized spacial score (nSPS) is 13.0. The number of hydrogen-bond donors (Lipinski definition) is 1. The summed E-state index contributed by atoms with van der Waals surface area (Å²) in [6, 6.07) is 7.95. The number of methoxy groups -OCH3 is 1. The topological polar surface area (TPSA) is 35.2 Å². The lowest BCUT2D eigenvalue weighted by Gasteiger charge is -2.18. The summed E-state index contributed by atoms with van der Waals surface area (Å²) in [6.07, 6.45) is 0. The molecule has 0 saturated carbocycles. The lowest BCUT2D eigenvalue weighted by Crippen LogP contribution is -2.17. The smallest absolute Gasteiger partial charge is 0.123 e. The molecule has 0 unspecified atom stereocenters. The first kappa shape index (κ1) is 10.1. The second kappa shape index (κ2) is 4.28. The minimum Gasteiger partial charge on any atom is -0.496 e. The molecule has 0 amide bonds. The average molecular weight is 179 g/mol. The highest BCUT2D eigenvalue weighted by Crippen LogP contribution is 2.27. The number of benzene rings is 1. The Morgan fingerprint density at radius 2 is 1.85 bits per heavy atom. The predicted octanol–water partition coefficient (Wildman–Crippen LogP) is 2.35. The van der Waals surface area contributed by atoms with Crippen molar-refractivity contribution in [1.29, 1.82) is 0 Å². The Labute approximate surface area is 79.7 Å². The van der Waals surface area contributed by atoms with E-state index in [0.29, 0.717) is 5.92 Å². The third-order valence-electron chi connectivity index (χ3n) is 2.22. The Balaban J connectivity index is 2.98. The highest BCUT2D eigenvalue weighted by molar-refractivity contribution is 5.35. The Kier molecular flexibility index (Phi) is 3.32. The summed E-state index contributed by atoms with van der Waals surface area (Å²) in [6.45, 7) is 4.22. The van der Waals surface area contributed by atoms with E-state index in [1.807, 2.05) is 24.3 Å². The molecule has 1 aromatic rings. The molecule has 0 radical (unpaired) electrons. The summed E-state index contributed by atoms with van der Waals surface area (Å²) in [5.41, 5.74) is 7.12. The average Bonchev–Trinajstić information content (AvgIpc) is 2.16. The van der Waals surface area contributed by atoms with E-state index in [1.54, 1.807) is 7.11 Å². The monoisotopic (exact) mass is 179 g/mol. The van der Waals surface area contributed by atoms with E-state index in [-0.39, 0.29) is 6.04 Å². The van der Waals surface area contributed by atoms with Crippen LogP contribution < -0.4 is 10.5 Å². The van der Waals surface area contributed by atoms with Gasteiger partial charge in [0.1, 0.15) is 5.75 Å². The van der Waals surface area contributed by atoms with Crippen LogP contribution >= 0.6 is 0 Å². The van der Waals surface area contributed by atoms with E-state index in [0.717, 1.165) is 11.3 Å². The number of nitrogens with two attached hydrogens (primary N) is 1. The van der Waals surface area contributed by atoms with Gasteiger partial charge in [0.15, 0.2) is 0 Å². The van der Waals surface area contributed by atoms with E-state index in [2.05, 4.69) is 13.8 Å². The zero-order chi connectivity index (χ0) is 9.84. The molecule has 0 aliphatic carbocycles. The second-order valence-electron chi connectivity index (χ2n) is 3.51. The maximum Gasteiger partial charge on any atom is 0.123 e. The van der Waals surface area contributed by atoms with Gasteiger partial charge in [-0.3, -0.25) is 0 Å². The Morgan fingerprint density at radius 1 is 1.23 bits per heavy atom. The van der Waals surface area contributed by atoms with Gasteiger partial charge < -0.3 is 10.5 Å². The fraction of sp³-hybridized carbons (Fsp3) is 0.455. The van der Waals surface area contributed by atoms with Gasteiger partial charge in [-0.15, -0.1) is 0 Å². The molecule has 0 saturated heterocycles. The first-order chi connectivity index (χ1) is 6.16. The van der Waals surface area contributed by atoms with Crippen LogP contribution in [0.4, 0.5) is 0 Å². The molecule has 2 heteroatoms. The van der Waals surface area contributed by atoms with Gasteiger partial charge in [-0.2, -0.15) is 0 Å². The summed E-state index contributed by atoms with van der Waals surface area (Å²) in [5.74, 6) is 1.31. The van der Waals surface area contributed by atoms with Crippen LogP contribution in [-0.4, -0.2) is 7.11 Å². The van der Waals surface area contributed by atoms with Gasteiger partial charge in [0.25, 0.3) is 0 Å². The molecule has 1 aromatic carbocycles. The summed E-state index contributed by atoms with van der Waals surface area (Å²) in [5, 5.41) is 0. The first-order valence-corrected chi connectivity index (χ1v) is 4.55. The molecule has 0 aliphatic rings. The maximum atomic E-state index is 6.03. The molecular weight excluding hydrogens is 162 g/mol. The van der Waals surface area contributed by atoms with Crippen LogP contribution in [-0.2, 0) is 0 Å². The minimum absolute atomic E-state index is 0.0520. The lowest BCUT2D eigenvalue weighted by atomic mass is 9.96. The van der Waals surface area contributed by atoms with Crippen LogP contribution in [0.1, 0.15) is 25.5 Å². The third kappa shape index (κ3) is 2.22. The molecule has 13 heavy (non-hydrogen) atoms. The molecule has 0 spiro atoms. The molecule has 0 fully saturated rings. The van der Waals surface area contributed by atoms with E-state index in [1.165, 1.54) is 0 Å². The van der Waals surface area contributed by atoms with Gasteiger partial charge in [-0.25, -0.2) is 0 Å². The molecule has 1 rings (SSSR count). The van der Waals surface area contributed by atoms with Crippen molar-refractivity contribution >= 4 is 0 Å². The van der Waals surface area contributed by atoms with Crippen molar-refractivity contribution in [3.05, 3.63) is 29.8 Å². The minimum atomic E-state index is 0.0520. The standard InChI is InChI=1S/C11H17NO/c1-8(2)11(12)9-6-4-5-7-10(9)13-3/h4-8,11H,12H2,1-3H3/t11-/m0/s1. The van der Waals surface area contributed by atoms with Crippen molar-refractivity contribution in [1.82, 2.24) is 0 Å². The van der Waals surface area contributed by atoms with Crippen LogP contribution in [0.15, 0.2) is 24.3 Å². The van der Waals surface area contributed by atoms with Gasteiger partial charge in [0.2, 0.25) is 0 Å². The van der Waals surface area contributed by atoms with Gasteiger partial charge in [0, 0.05) is 11.6 Å². The molecule has 1 atom stereocenters. The van der Waals surface area contributed by atoms with Gasteiger partial charge >= 0.3 is 0 Å².